The van der Waals surface area contributed by atoms with Crippen molar-refractivity contribution in [2.24, 2.45) is 0 Å². The Balaban J connectivity index is 1.95. The summed E-state index contributed by atoms with van der Waals surface area (Å²) in [5, 5.41) is 0.164. The van der Waals surface area contributed by atoms with Gasteiger partial charge in [-0.1, -0.05) is 30.3 Å². The fourth-order valence-corrected chi connectivity index (χ4v) is 2.67. The molecule has 1 aromatic rings. The number of halogens is 1. The fraction of sp³-hybridized carbons (Fsp3) is 0.538. The highest BCUT2D eigenvalue weighted by Gasteiger charge is 2.23. The first kappa shape index (κ1) is 11.0. The van der Waals surface area contributed by atoms with Crippen LogP contribution in [0.1, 0.15) is 30.2 Å². The van der Waals surface area contributed by atoms with E-state index in [-0.39, 0.29) is 5.38 Å². The molecule has 1 aliphatic rings. The maximum atomic E-state index is 6.42. The number of rotatable bonds is 3. The second kappa shape index (κ2) is 5.00. The van der Waals surface area contributed by atoms with Gasteiger partial charge < -0.3 is 4.90 Å². The summed E-state index contributed by atoms with van der Waals surface area (Å²) >= 11 is 6.42. The molecule has 15 heavy (non-hydrogen) atoms. The first-order valence-corrected chi connectivity index (χ1v) is 6.10. The first-order chi connectivity index (χ1) is 7.27. The van der Waals surface area contributed by atoms with Crippen molar-refractivity contribution in [1.29, 1.82) is 0 Å². The van der Waals surface area contributed by atoms with E-state index in [1.54, 1.807) is 0 Å². The van der Waals surface area contributed by atoms with E-state index in [4.69, 9.17) is 11.6 Å². The van der Waals surface area contributed by atoms with Crippen LogP contribution in [0.25, 0.3) is 0 Å². The van der Waals surface area contributed by atoms with Gasteiger partial charge in [0, 0.05) is 6.04 Å². The minimum absolute atomic E-state index is 0.164. The predicted molar refractivity (Wildman–Crippen MR) is 65.3 cm³/mol. The molecule has 1 aliphatic heterocycles. The highest BCUT2D eigenvalue weighted by molar-refractivity contribution is 6.20. The zero-order valence-corrected chi connectivity index (χ0v) is 9.95. The van der Waals surface area contributed by atoms with Crippen molar-refractivity contribution in [3.8, 4) is 0 Å². The van der Waals surface area contributed by atoms with Crippen molar-refractivity contribution >= 4 is 11.6 Å². The van der Waals surface area contributed by atoms with Crippen molar-refractivity contribution < 1.29 is 0 Å². The Morgan fingerprint density at radius 2 is 2.13 bits per heavy atom. The molecule has 82 valence electrons. The number of nitrogens with zero attached hydrogens (tertiary/aromatic N) is 1. The summed E-state index contributed by atoms with van der Waals surface area (Å²) in [7, 11) is 2.20. The molecule has 2 unspecified atom stereocenters. The standard InChI is InChI=1S/C13H18ClN/c1-15-9-5-8-12(15)10-13(14)11-6-3-2-4-7-11/h2-4,6-7,12-13H,5,8-10H2,1H3. The summed E-state index contributed by atoms with van der Waals surface area (Å²) < 4.78 is 0. The van der Waals surface area contributed by atoms with Gasteiger partial charge in [-0.15, -0.1) is 11.6 Å². The summed E-state index contributed by atoms with van der Waals surface area (Å²) in [4.78, 5) is 2.43. The molecule has 0 radical (unpaired) electrons. The minimum Gasteiger partial charge on any atom is -0.303 e. The second-order valence-corrected chi connectivity index (χ2v) is 4.92. The first-order valence-electron chi connectivity index (χ1n) is 5.66. The van der Waals surface area contributed by atoms with Crippen LogP contribution >= 0.6 is 11.6 Å². The molecular formula is C13H18ClN. The molecule has 0 saturated carbocycles. The van der Waals surface area contributed by atoms with Gasteiger partial charge in [0.25, 0.3) is 0 Å². The molecule has 1 saturated heterocycles. The minimum atomic E-state index is 0.164. The Bertz CT molecular complexity index is 299. The smallest absolute Gasteiger partial charge is 0.0600 e. The third-order valence-corrected chi connectivity index (χ3v) is 3.74. The Morgan fingerprint density at radius 3 is 2.73 bits per heavy atom. The lowest BCUT2D eigenvalue weighted by Crippen LogP contribution is -2.25. The van der Waals surface area contributed by atoms with E-state index in [1.165, 1.54) is 24.9 Å². The van der Waals surface area contributed by atoms with E-state index < -0.39 is 0 Å². The number of likely N-dealkylation sites (tertiary alicyclic amines) is 1. The van der Waals surface area contributed by atoms with Crippen LogP contribution < -0.4 is 0 Å². The second-order valence-electron chi connectivity index (χ2n) is 4.39. The van der Waals surface area contributed by atoms with Crippen LogP contribution in [0.4, 0.5) is 0 Å². The van der Waals surface area contributed by atoms with Crippen LogP contribution in [0.3, 0.4) is 0 Å². The number of alkyl halides is 1. The average molecular weight is 224 g/mol. The van der Waals surface area contributed by atoms with Crippen LogP contribution in [0.2, 0.25) is 0 Å². The molecule has 1 nitrogen and oxygen atoms in total. The van der Waals surface area contributed by atoms with E-state index in [2.05, 4.69) is 36.2 Å². The molecule has 0 aliphatic carbocycles. The molecule has 2 rings (SSSR count). The summed E-state index contributed by atoms with van der Waals surface area (Å²) in [6, 6.07) is 11.1. The van der Waals surface area contributed by atoms with Gasteiger partial charge in [0.2, 0.25) is 0 Å². The zero-order chi connectivity index (χ0) is 10.7. The maximum absolute atomic E-state index is 6.42. The van der Waals surface area contributed by atoms with Gasteiger partial charge in [0.15, 0.2) is 0 Å². The lowest BCUT2D eigenvalue weighted by Gasteiger charge is -2.22. The third-order valence-electron chi connectivity index (χ3n) is 3.31. The summed E-state index contributed by atoms with van der Waals surface area (Å²) in [6.45, 7) is 1.23. The van der Waals surface area contributed by atoms with Crippen LogP contribution in [0, 0.1) is 0 Å². The number of hydrogen-bond donors (Lipinski definition) is 0. The van der Waals surface area contributed by atoms with Gasteiger partial charge in [-0.25, -0.2) is 0 Å². The van der Waals surface area contributed by atoms with Crippen molar-refractivity contribution in [3.63, 3.8) is 0 Å². The topological polar surface area (TPSA) is 3.24 Å². The van der Waals surface area contributed by atoms with Crippen LogP contribution in [-0.4, -0.2) is 24.5 Å². The summed E-state index contributed by atoms with van der Waals surface area (Å²) in [5.41, 5.74) is 1.25. The van der Waals surface area contributed by atoms with Crippen molar-refractivity contribution in [2.45, 2.75) is 30.7 Å². The zero-order valence-electron chi connectivity index (χ0n) is 9.20. The molecule has 0 amide bonds. The summed E-state index contributed by atoms with van der Waals surface area (Å²) in [6.07, 6.45) is 3.69. The molecule has 0 N–H and O–H groups in total. The quantitative estimate of drug-likeness (QED) is 0.710. The Kier molecular flexibility index (Phi) is 3.66. The molecule has 1 aromatic carbocycles. The molecule has 0 aromatic heterocycles. The van der Waals surface area contributed by atoms with Gasteiger partial charge in [-0.2, -0.15) is 0 Å². The number of benzene rings is 1. The predicted octanol–water partition coefficient (Wildman–Crippen LogP) is 3.45. The van der Waals surface area contributed by atoms with Crippen molar-refractivity contribution in [2.75, 3.05) is 13.6 Å². The van der Waals surface area contributed by atoms with E-state index in [0.717, 1.165) is 6.42 Å². The Morgan fingerprint density at radius 1 is 1.40 bits per heavy atom. The van der Waals surface area contributed by atoms with Crippen molar-refractivity contribution in [1.82, 2.24) is 4.90 Å². The van der Waals surface area contributed by atoms with E-state index >= 15 is 0 Å². The molecule has 1 heterocycles. The van der Waals surface area contributed by atoms with Gasteiger partial charge in [-0.05, 0) is 38.4 Å². The van der Waals surface area contributed by atoms with Gasteiger partial charge in [0.1, 0.15) is 0 Å². The summed E-state index contributed by atoms with van der Waals surface area (Å²) in [5.74, 6) is 0. The molecule has 0 bridgehead atoms. The van der Waals surface area contributed by atoms with Gasteiger partial charge in [0.05, 0.1) is 5.38 Å². The van der Waals surface area contributed by atoms with E-state index in [1.807, 2.05) is 6.07 Å². The molecule has 2 atom stereocenters. The highest BCUT2D eigenvalue weighted by atomic mass is 35.5. The lowest BCUT2D eigenvalue weighted by atomic mass is 10.0. The number of hydrogen-bond acceptors (Lipinski definition) is 1. The molecule has 0 spiro atoms. The van der Waals surface area contributed by atoms with Crippen LogP contribution in [-0.2, 0) is 0 Å². The van der Waals surface area contributed by atoms with E-state index in [0.29, 0.717) is 6.04 Å². The largest absolute Gasteiger partial charge is 0.303 e. The SMILES string of the molecule is CN1CCCC1CC(Cl)c1ccccc1. The maximum Gasteiger partial charge on any atom is 0.0600 e. The van der Waals surface area contributed by atoms with Gasteiger partial charge >= 0.3 is 0 Å². The Hall–Kier alpha value is -0.530. The third kappa shape index (κ3) is 2.73. The fourth-order valence-electron chi connectivity index (χ4n) is 2.31. The average Bonchev–Trinajstić information content (AvgIpc) is 2.66. The molecule has 2 heteroatoms. The van der Waals surface area contributed by atoms with Crippen LogP contribution in [0.15, 0.2) is 30.3 Å². The Labute approximate surface area is 97.0 Å². The molecule has 1 fully saturated rings. The van der Waals surface area contributed by atoms with Crippen molar-refractivity contribution in [3.05, 3.63) is 35.9 Å². The van der Waals surface area contributed by atoms with E-state index in [9.17, 15) is 0 Å². The monoisotopic (exact) mass is 223 g/mol. The van der Waals surface area contributed by atoms with Crippen LogP contribution in [0.5, 0.6) is 0 Å². The highest BCUT2D eigenvalue weighted by Crippen LogP contribution is 2.30. The normalized spacial score (nSPS) is 24.3. The lowest BCUT2D eigenvalue weighted by molar-refractivity contribution is 0.294. The van der Waals surface area contributed by atoms with Gasteiger partial charge in [-0.3, -0.25) is 0 Å². The molecular weight excluding hydrogens is 206 g/mol.